The Balaban J connectivity index is 1.61. The molecule has 0 aliphatic carbocycles. The van der Waals surface area contributed by atoms with Crippen molar-refractivity contribution in [1.82, 2.24) is 9.55 Å². The Hall–Kier alpha value is -2.41. The number of aromatic amines is 1. The lowest BCUT2D eigenvalue weighted by Gasteiger charge is -2.34. The Morgan fingerprint density at radius 1 is 1.18 bits per heavy atom. The zero-order valence-corrected chi connectivity index (χ0v) is 22.7. The Bertz CT molecular complexity index is 1410. The number of ether oxygens (including phenoxy) is 1. The average molecular weight is 560 g/mol. The normalized spacial score (nSPS) is 29.7. The number of aromatic nitrogens is 2. The molecule has 14 heteroatoms. The zero-order chi connectivity index (χ0) is 28.4. The van der Waals surface area contributed by atoms with Crippen LogP contribution < -0.4 is 15.8 Å². The van der Waals surface area contributed by atoms with E-state index in [0.29, 0.717) is 15.7 Å². The maximum atomic E-state index is 15.6. The van der Waals surface area contributed by atoms with Crippen LogP contribution in [0.2, 0.25) is 0 Å². The predicted molar refractivity (Wildman–Crippen MR) is 130 cm³/mol. The summed E-state index contributed by atoms with van der Waals surface area (Å²) < 4.78 is 66.1. The fourth-order valence-electron chi connectivity index (χ4n) is 4.27. The summed E-state index contributed by atoms with van der Waals surface area (Å²) in [5.41, 5.74) is -1.91. The van der Waals surface area contributed by atoms with Gasteiger partial charge >= 0.3 is 13.5 Å². The fourth-order valence-corrected chi connectivity index (χ4v) is 5.50. The lowest BCUT2D eigenvalue weighted by molar-refractivity contribution is -0.205. The number of fused-ring (bicyclic) bond motifs is 1. The molecular formula is C24H31F2N2O9P. The van der Waals surface area contributed by atoms with Gasteiger partial charge in [-0.05, 0) is 22.5 Å². The van der Waals surface area contributed by atoms with Gasteiger partial charge in [0.15, 0.2) is 6.23 Å². The summed E-state index contributed by atoms with van der Waals surface area (Å²) in [6.45, 7) is 9.38. The number of hydrogen-bond donors (Lipinski definition) is 3. The number of halogens is 2. The molecule has 5 atom stereocenters. The number of nitrogens with zero attached hydrogens (tertiary/aromatic N) is 1. The van der Waals surface area contributed by atoms with Crippen molar-refractivity contribution in [3.8, 4) is 5.75 Å². The van der Waals surface area contributed by atoms with Gasteiger partial charge in [-0.15, -0.1) is 0 Å². The maximum absolute atomic E-state index is 15.6. The zero-order valence-electron chi connectivity index (χ0n) is 21.8. The van der Waals surface area contributed by atoms with Gasteiger partial charge in [0.2, 0.25) is 0 Å². The largest absolute Gasteiger partial charge is 0.530 e. The topological polar surface area (TPSA) is 149 Å². The number of H-pyrrole nitrogens is 1. The Labute approximate surface area is 216 Å². The van der Waals surface area contributed by atoms with Crippen LogP contribution in [0.3, 0.4) is 0 Å². The van der Waals surface area contributed by atoms with E-state index in [2.05, 4.69) is 0 Å². The molecule has 0 saturated carbocycles. The molecule has 3 heterocycles. The molecule has 2 aliphatic rings. The van der Waals surface area contributed by atoms with E-state index in [1.54, 1.807) is 6.07 Å². The van der Waals surface area contributed by atoms with Crippen molar-refractivity contribution in [1.29, 1.82) is 0 Å². The van der Waals surface area contributed by atoms with Crippen LogP contribution in [0.15, 0.2) is 27.9 Å². The van der Waals surface area contributed by atoms with Gasteiger partial charge in [-0.3, -0.25) is 23.4 Å². The molecule has 1 saturated heterocycles. The van der Waals surface area contributed by atoms with E-state index in [0.717, 1.165) is 12.3 Å². The number of alkyl halides is 1. The Kier molecular flexibility index (Phi) is 7.04. The van der Waals surface area contributed by atoms with Crippen molar-refractivity contribution in [2.75, 3.05) is 6.61 Å². The molecule has 38 heavy (non-hydrogen) atoms. The van der Waals surface area contributed by atoms with Crippen LogP contribution in [0.25, 0.3) is 0 Å². The lowest BCUT2D eigenvalue weighted by atomic mass is 9.78. The van der Waals surface area contributed by atoms with Gasteiger partial charge in [-0.1, -0.05) is 41.5 Å². The first-order chi connectivity index (χ1) is 17.4. The number of hydrogen-bond acceptors (Lipinski definition) is 9. The number of phosphoric acid groups is 1. The van der Waals surface area contributed by atoms with Crippen LogP contribution in [0.4, 0.5) is 8.78 Å². The molecule has 1 unspecified atom stereocenters. The van der Waals surface area contributed by atoms with Crippen molar-refractivity contribution in [3.05, 3.63) is 61.7 Å². The second-order valence-corrected chi connectivity index (χ2v) is 13.0. The maximum Gasteiger partial charge on any atom is 0.530 e. The monoisotopic (exact) mass is 560 g/mol. The Morgan fingerprint density at radius 3 is 2.39 bits per heavy atom. The minimum atomic E-state index is -4.56. The first-order valence-electron chi connectivity index (χ1n) is 11.9. The molecule has 2 aromatic rings. The molecule has 0 bridgehead atoms. The fraction of sp³-hybridized carbons (Fsp3) is 0.583. The van der Waals surface area contributed by atoms with Crippen LogP contribution >= 0.6 is 7.82 Å². The predicted octanol–water partition coefficient (Wildman–Crippen LogP) is 2.92. The van der Waals surface area contributed by atoms with Gasteiger partial charge < -0.3 is 19.5 Å². The van der Waals surface area contributed by atoms with Gasteiger partial charge in [-0.2, -0.15) is 0 Å². The van der Waals surface area contributed by atoms with E-state index in [-0.39, 0.29) is 11.3 Å². The van der Waals surface area contributed by atoms with Crippen LogP contribution in [-0.4, -0.2) is 44.4 Å². The van der Waals surface area contributed by atoms with Gasteiger partial charge in [0, 0.05) is 17.8 Å². The van der Waals surface area contributed by atoms with Crippen molar-refractivity contribution in [2.24, 2.45) is 0 Å². The third-order valence-electron chi connectivity index (χ3n) is 6.41. The molecule has 0 spiro atoms. The first-order valence-corrected chi connectivity index (χ1v) is 13.3. The highest BCUT2D eigenvalue weighted by Gasteiger charge is 2.58. The quantitative estimate of drug-likeness (QED) is 0.480. The molecule has 11 nitrogen and oxygen atoms in total. The minimum Gasteiger partial charge on any atom is -0.403 e. The van der Waals surface area contributed by atoms with E-state index in [1.165, 1.54) is 0 Å². The van der Waals surface area contributed by atoms with Crippen LogP contribution in [0.1, 0.15) is 64.5 Å². The van der Waals surface area contributed by atoms with Crippen LogP contribution in [-0.2, 0) is 35.8 Å². The van der Waals surface area contributed by atoms with E-state index < -0.39 is 73.2 Å². The molecule has 1 aromatic carbocycles. The highest BCUT2D eigenvalue weighted by atomic mass is 31.2. The number of nitrogens with one attached hydrogen (secondary N) is 1. The summed E-state index contributed by atoms with van der Waals surface area (Å²) in [6.07, 6.45) is -4.99. The highest BCUT2D eigenvalue weighted by molar-refractivity contribution is 7.49. The van der Waals surface area contributed by atoms with Crippen molar-refractivity contribution >= 4 is 7.82 Å². The summed E-state index contributed by atoms with van der Waals surface area (Å²) in [5, 5.41) is 20.6. The number of aliphatic hydroxyl groups excluding tert-OH is 2. The number of benzene rings is 1. The number of phosphoric ester groups is 1. The van der Waals surface area contributed by atoms with E-state index >= 15 is 8.78 Å². The third-order valence-corrected chi connectivity index (χ3v) is 7.71. The van der Waals surface area contributed by atoms with Crippen molar-refractivity contribution < 1.29 is 41.9 Å². The van der Waals surface area contributed by atoms with Crippen LogP contribution in [0.5, 0.6) is 5.75 Å². The smallest absolute Gasteiger partial charge is 0.403 e. The van der Waals surface area contributed by atoms with Gasteiger partial charge in [0.05, 0.1) is 12.2 Å². The van der Waals surface area contributed by atoms with Crippen molar-refractivity contribution in [2.45, 2.75) is 83.3 Å². The number of aliphatic hydroxyl groups is 2. The molecule has 2 aliphatic heterocycles. The molecule has 4 rings (SSSR count). The van der Waals surface area contributed by atoms with Gasteiger partial charge in [0.1, 0.15) is 30.4 Å². The molecule has 0 amide bonds. The summed E-state index contributed by atoms with van der Waals surface area (Å²) in [6, 6.07) is 2.57. The molecular weight excluding hydrogens is 529 g/mol. The lowest BCUT2D eigenvalue weighted by Crippen LogP contribution is -2.43. The average Bonchev–Trinajstić information content (AvgIpc) is 3.01. The summed E-state index contributed by atoms with van der Waals surface area (Å²) in [7, 11) is -4.56. The van der Waals surface area contributed by atoms with E-state index in [4.69, 9.17) is 18.3 Å². The SMILES string of the molecule is CC(C)(C)c1cc(C(C)(C)C)c2c(c1F)COP(=O)(OC[C@@]1(F)O[C@@H](n3ccc(=O)[nH]c3=O)[C@H](O)[C@@H]1O)O2. The molecule has 3 N–H and O–H groups in total. The van der Waals surface area contributed by atoms with Crippen LogP contribution in [0, 0.1) is 5.82 Å². The second kappa shape index (κ2) is 9.35. The third kappa shape index (κ3) is 5.11. The summed E-state index contributed by atoms with van der Waals surface area (Å²) in [4.78, 5) is 25.3. The summed E-state index contributed by atoms with van der Waals surface area (Å²) in [5.74, 6) is -3.78. The Morgan fingerprint density at radius 2 is 1.82 bits per heavy atom. The van der Waals surface area contributed by atoms with E-state index in [9.17, 15) is 24.4 Å². The standard InChI is InChI=1S/C24H31F2N2O9P/c1-22(2,3)13-9-14(23(4,5)6)18-12(16(13)25)10-34-38(33,37-18)35-11-24(26)19(31)17(30)20(36-24)28-8-7-15(29)27-21(28)32/h7-9,17,19-20,30-31H,10-11H2,1-6H3,(H,27,29,32)/t17-,19+,20-,24-,38?/m1/s1. The molecule has 1 aromatic heterocycles. The molecule has 210 valence electrons. The second-order valence-electron chi connectivity index (χ2n) is 11.4. The van der Waals surface area contributed by atoms with Gasteiger partial charge in [-0.25, -0.2) is 18.1 Å². The van der Waals surface area contributed by atoms with E-state index in [1.807, 2.05) is 46.5 Å². The highest BCUT2D eigenvalue weighted by Crippen LogP contribution is 2.58. The van der Waals surface area contributed by atoms with Gasteiger partial charge in [0.25, 0.3) is 11.4 Å². The minimum absolute atomic E-state index is 0.0393. The summed E-state index contributed by atoms with van der Waals surface area (Å²) >= 11 is 0. The molecule has 1 fully saturated rings. The van der Waals surface area contributed by atoms with Crippen molar-refractivity contribution in [3.63, 3.8) is 0 Å². The first kappa shape index (κ1) is 28.6. The molecule has 0 radical (unpaired) electrons. The number of rotatable bonds is 4.